The molecule has 0 spiro atoms. The van der Waals surface area contributed by atoms with Crippen molar-refractivity contribution in [3.8, 4) is 33.8 Å². The summed E-state index contributed by atoms with van der Waals surface area (Å²) in [5, 5.41) is 1.93. The first kappa shape index (κ1) is 42.5. The molecule has 4 heterocycles. The van der Waals surface area contributed by atoms with E-state index in [-0.39, 0.29) is 36.5 Å². The molecule has 0 saturated heterocycles. The van der Waals surface area contributed by atoms with Crippen LogP contribution in [0.1, 0.15) is 164 Å². The maximum atomic E-state index is 9.77. The Hall–Kier alpha value is -6.00. The summed E-state index contributed by atoms with van der Waals surface area (Å²) in [6, 6.07) is 48.9. The molecule has 360 valence electrons. The zero-order valence-corrected chi connectivity index (χ0v) is 44.1. The van der Waals surface area contributed by atoms with E-state index < -0.39 is 12.7 Å². The quantitative estimate of drug-likeness (QED) is 0.114. The first-order chi connectivity index (χ1) is 36.1. The molecule has 0 amide bonds. The summed E-state index contributed by atoms with van der Waals surface area (Å²) in [6.45, 7) is 8.91. The summed E-state index contributed by atoms with van der Waals surface area (Å²) in [5.41, 5.74) is 16.5. The van der Waals surface area contributed by atoms with Gasteiger partial charge >= 0.3 is 20.1 Å². The Morgan fingerprint density at radius 3 is 1.44 bits per heavy atom. The van der Waals surface area contributed by atoms with Crippen LogP contribution in [-0.2, 0) is 56.5 Å². The van der Waals surface area contributed by atoms with Gasteiger partial charge in [-0.2, -0.15) is 0 Å². The van der Waals surface area contributed by atoms with Crippen molar-refractivity contribution in [2.45, 2.75) is 139 Å². The second kappa shape index (κ2) is 18.8. The van der Waals surface area contributed by atoms with Crippen molar-refractivity contribution in [1.82, 2.24) is 15.0 Å². The predicted octanol–water partition coefficient (Wildman–Crippen LogP) is 16.5. The molecule has 5 aromatic carbocycles. The predicted molar refractivity (Wildman–Crippen MR) is 288 cm³/mol. The molecule has 0 unspecified atom stereocenters. The molecule has 2 saturated carbocycles. The maximum absolute atomic E-state index is 9.77. The molecular formula is C67H62IrN3O. The van der Waals surface area contributed by atoms with E-state index in [1.54, 1.807) is 24.4 Å². The van der Waals surface area contributed by atoms with E-state index in [9.17, 15) is 5.48 Å². The Morgan fingerprint density at radius 1 is 0.472 bits per heavy atom. The van der Waals surface area contributed by atoms with Crippen LogP contribution in [0.3, 0.4) is 0 Å². The molecule has 2 fully saturated rings. The number of para-hydroxylation sites is 1. The van der Waals surface area contributed by atoms with E-state index in [1.807, 2.05) is 42.5 Å². The van der Waals surface area contributed by atoms with Gasteiger partial charge < -0.3 is 19.4 Å². The van der Waals surface area contributed by atoms with E-state index in [2.05, 4.69) is 118 Å². The summed E-state index contributed by atoms with van der Waals surface area (Å²) in [7, 11) is 0. The third-order valence-corrected chi connectivity index (χ3v) is 16.9. The van der Waals surface area contributed by atoms with Crippen molar-refractivity contribution < 1.29 is 30.0 Å². The number of aryl methyl sites for hydroxylation is 2. The average molecular weight is 1120 g/mol. The normalized spacial score (nSPS) is 20.3. The number of rotatable bonds is 12. The van der Waals surface area contributed by atoms with Gasteiger partial charge in [-0.3, -0.25) is 0 Å². The molecular weight excluding hydrogens is 1050 g/mol. The minimum atomic E-state index is -2.43. The molecule has 6 aliphatic rings. The van der Waals surface area contributed by atoms with Gasteiger partial charge in [-0.05, 0) is 167 Å². The van der Waals surface area contributed by atoms with Crippen molar-refractivity contribution in [2.75, 3.05) is 0 Å². The van der Waals surface area contributed by atoms with Gasteiger partial charge in [-0.1, -0.05) is 88.7 Å². The number of fused-ring (bicyclic) bond motifs is 7. The number of hydrogen-bond donors (Lipinski definition) is 0. The van der Waals surface area contributed by atoms with E-state index in [1.165, 1.54) is 73.6 Å². The van der Waals surface area contributed by atoms with Gasteiger partial charge in [0.2, 0.25) is 0 Å². The summed E-state index contributed by atoms with van der Waals surface area (Å²) in [5.74, 6) is 2.59. The topological polar surface area (TPSA) is 51.8 Å². The largest absolute Gasteiger partial charge is 3.00 e. The molecule has 0 atom stereocenters. The molecule has 72 heavy (non-hydrogen) atoms. The van der Waals surface area contributed by atoms with E-state index in [0.717, 1.165) is 61.1 Å². The van der Waals surface area contributed by atoms with Crippen LogP contribution in [0.5, 0.6) is 0 Å². The fourth-order valence-corrected chi connectivity index (χ4v) is 12.9. The molecule has 4 bridgehead atoms. The Morgan fingerprint density at radius 2 is 0.931 bits per heavy atom. The molecule has 5 heteroatoms. The summed E-state index contributed by atoms with van der Waals surface area (Å²) >= 11 is 0. The Kier molecular flexibility index (Phi) is 11.1. The second-order valence-electron chi connectivity index (χ2n) is 22.5. The van der Waals surface area contributed by atoms with Gasteiger partial charge in [0.15, 0.2) is 5.58 Å². The van der Waals surface area contributed by atoms with Crippen molar-refractivity contribution in [3.63, 3.8) is 0 Å². The van der Waals surface area contributed by atoms with E-state index in [0.29, 0.717) is 58.9 Å². The van der Waals surface area contributed by atoms with Crippen LogP contribution in [0.2, 0.25) is 0 Å². The number of benzene rings is 5. The van der Waals surface area contributed by atoms with Crippen LogP contribution in [0, 0.1) is 18.2 Å². The van der Waals surface area contributed by atoms with Crippen molar-refractivity contribution >= 4 is 21.9 Å². The van der Waals surface area contributed by atoms with Crippen LogP contribution < -0.4 is 0 Å². The third kappa shape index (κ3) is 8.89. The van der Waals surface area contributed by atoms with Crippen LogP contribution in [0.15, 0.2) is 138 Å². The zero-order valence-electron chi connectivity index (χ0n) is 45.7. The van der Waals surface area contributed by atoms with Crippen molar-refractivity contribution in [1.29, 1.82) is 0 Å². The SMILES string of the molecule is [2H]C([2H])(c1c[c-]c(-c2cc3c(cn2)oc2ccccc23)cc1)C([2H])([2H])c1cc(CC(C)(C)c2c[c-]c(-c3cc4c(cn3)C3CCC4CC3)cc2)cc(CC(C)(C)c2c[c-]c(-c3cc4c(cn3)C3CCC4CC3)cc2)c1.[Ir+3]. The van der Waals surface area contributed by atoms with Crippen LogP contribution in [0.25, 0.3) is 55.7 Å². The number of aromatic nitrogens is 3. The molecule has 0 N–H and O–H groups in total. The molecule has 15 rings (SSSR count). The molecule has 9 aromatic rings. The van der Waals surface area contributed by atoms with Crippen LogP contribution in [0.4, 0.5) is 0 Å². The van der Waals surface area contributed by atoms with Gasteiger partial charge in [-0.15, -0.1) is 106 Å². The summed E-state index contributed by atoms with van der Waals surface area (Å²) < 4.78 is 44.7. The summed E-state index contributed by atoms with van der Waals surface area (Å²) in [4.78, 5) is 14.5. The number of hydrogen-bond acceptors (Lipinski definition) is 4. The summed E-state index contributed by atoms with van der Waals surface area (Å²) in [6.07, 6.45) is 12.5. The fraction of sp³-hybridized carbons (Fsp3) is 0.328. The first-order valence-corrected chi connectivity index (χ1v) is 26.1. The molecule has 4 aromatic heterocycles. The van der Waals surface area contributed by atoms with E-state index >= 15 is 0 Å². The number of furan rings is 1. The Balaban J connectivity index is 0.00000582. The third-order valence-electron chi connectivity index (χ3n) is 16.9. The van der Waals surface area contributed by atoms with Gasteiger partial charge in [0.25, 0.3) is 0 Å². The van der Waals surface area contributed by atoms with Crippen LogP contribution >= 0.6 is 0 Å². The zero-order chi connectivity index (χ0) is 51.4. The van der Waals surface area contributed by atoms with Crippen LogP contribution in [-0.4, -0.2) is 15.0 Å². The van der Waals surface area contributed by atoms with Gasteiger partial charge in [0.1, 0.15) is 5.58 Å². The molecule has 6 aliphatic carbocycles. The van der Waals surface area contributed by atoms with Gasteiger partial charge in [-0.25, -0.2) is 0 Å². The Labute approximate surface area is 445 Å². The standard InChI is InChI=1S/C67H62N3O.Ir/c1-66(2,53-27-23-51(24-28-53)61-34-56-46-15-19-48(20-16-46)59(56)39-68-61)37-44-31-43(10-9-42-11-13-50(14-12-42)63-36-58-55-7-5-6-8-64(55)71-65(58)41-70-63)32-45(33-44)38-67(3,4)54-29-25-52(26-30-54)62-35-57-47-17-21-49(22-18-47)60(57)40-69-62;/h5-8,11-13,23,25,27-36,39-41,46-49H,9-10,15-22,37-38H2,1-4H3;/q-3;+3/i9D2,10D2;. The van der Waals surface area contributed by atoms with Crippen molar-refractivity contribution in [3.05, 3.63) is 208 Å². The maximum Gasteiger partial charge on any atom is 3.00 e. The first-order valence-electron chi connectivity index (χ1n) is 28.1. The van der Waals surface area contributed by atoms with Gasteiger partial charge in [0.05, 0.1) is 6.20 Å². The van der Waals surface area contributed by atoms with Crippen molar-refractivity contribution in [2.24, 2.45) is 0 Å². The molecule has 0 radical (unpaired) electrons. The fourth-order valence-electron chi connectivity index (χ4n) is 12.9. The molecule has 4 nitrogen and oxygen atoms in total. The second-order valence-corrected chi connectivity index (χ2v) is 22.5. The van der Waals surface area contributed by atoms with Gasteiger partial charge in [0, 0.05) is 28.6 Å². The average Bonchev–Trinajstić information content (AvgIpc) is 3.82. The molecule has 0 aliphatic heterocycles. The smallest absolute Gasteiger partial charge is 0.455 e. The Bertz CT molecular complexity index is 3490. The van der Waals surface area contributed by atoms with E-state index in [4.69, 9.17) is 14.4 Å². The minimum absolute atomic E-state index is 0. The number of pyridine rings is 3. The minimum Gasteiger partial charge on any atom is -0.455 e. The number of nitrogens with zero attached hydrogens (tertiary/aromatic N) is 3. The monoisotopic (exact) mass is 1120 g/mol.